The van der Waals surface area contributed by atoms with Crippen LogP contribution in [0, 0.1) is 0 Å². The molecule has 0 radical (unpaired) electrons. The number of aliphatic carboxylic acids is 1. The van der Waals surface area contributed by atoms with Crippen LogP contribution in [0.1, 0.15) is 19.8 Å². The van der Waals surface area contributed by atoms with Crippen LogP contribution in [0.2, 0.25) is 0 Å². The summed E-state index contributed by atoms with van der Waals surface area (Å²) >= 11 is 0. The van der Waals surface area contributed by atoms with Crippen molar-refractivity contribution < 1.29 is 19.4 Å². The fourth-order valence-electron chi connectivity index (χ4n) is 0.973. The predicted molar refractivity (Wildman–Crippen MR) is 55.5 cm³/mol. The van der Waals surface area contributed by atoms with Crippen molar-refractivity contribution in [3.63, 3.8) is 0 Å². The minimum atomic E-state index is -1.04. The second kappa shape index (κ2) is 7.99. The van der Waals surface area contributed by atoms with Gasteiger partial charge in [0.2, 0.25) is 5.91 Å². The first-order valence-corrected chi connectivity index (χ1v) is 4.82. The molecule has 0 aliphatic carbocycles. The van der Waals surface area contributed by atoms with Crippen molar-refractivity contribution in [2.45, 2.75) is 25.8 Å². The Morgan fingerprint density at radius 1 is 1.60 bits per heavy atom. The van der Waals surface area contributed by atoms with Crippen LogP contribution in [0.5, 0.6) is 0 Å². The minimum Gasteiger partial charge on any atom is -0.480 e. The molecule has 0 aromatic heterocycles. The van der Waals surface area contributed by atoms with Crippen molar-refractivity contribution in [3.8, 4) is 0 Å². The Hall–Kier alpha value is -1.36. The standard InChI is InChI=1S/C10H17NO4/c1-3-5-6-8(10(13)14)11-9(12)7-15-4-2/h3,8H,1,4-7H2,2H3,(H,11,12)(H,13,14)/t8-/m0/s1. The van der Waals surface area contributed by atoms with Crippen molar-refractivity contribution >= 4 is 11.9 Å². The van der Waals surface area contributed by atoms with Crippen molar-refractivity contribution in [1.82, 2.24) is 5.32 Å². The highest BCUT2D eigenvalue weighted by Gasteiger charge is 2.18. The number of carboxylic acids is 1. The number of carbonyl (C=O) groups excluding carboxylic acids is 1. The molecule has 0 aromatic rings. The molecule has 2 N–H and O–H groups in total. The van der Waals surface area contributed by atoms with Gasteiger partial charge >= 0.3 is 5.97 Å². The number of carbonyl (C=O) groups is 2. The molecular weight excluding hydrogens is 198 g/mol. The van der Waals surface area contributed by atoms with Crippen LogP contribution in [0.4, 0.5) is 0 Å². The number of carboxylic acid groups (broad SMARTS) is 1. The molecule has 0 heterocycles. The number of rotatable bonds is 8. The molecule has 1 amide bonds. The summed E-state index contributed by atoms with van der Waals surface area (Å²) in [6.45, 7) is 5.58. The van der Waals surface area contributed by atoms with Gasteiger partial charge in [-0.3, -0.25) is 4.79 Å². The van der Waals surface area contributed by atoms with Gasteiger partial charge in [-0.05, 0) is 19.8 Å². The smallest absolute Gasteiger partial charge is 0.326 e. The van der Waals surface area contributed by atoms with E-state index >= 15 is 0 Å². The topological polar surface area (TPSA) is 75.6 Å². The molecule has 0 unspecified atom stereocenters. The maximum atomic E-state index is 11.2. The van der Waals surface area contributed by atoms with Crippen LogP contribution in [-0.2, 0) is 14.3 Å². The Balaban J connectivity index is 3.98. The summed E-state index contributed by atoms with van der Waals surface area (Å²) in [7, 11) is 0. The second-order valence-corrected chi connectivity index (χ2v) is 2.96. The first-order chi connectivity index (χ1) is 7.11. The molecule has 0 saturated heterocycles. The molecular formula is C10H17NO4. The number of hydrogen-bond donors (Lipinski definition) is 2. The van der Waals surface area contributed by atoms with Gasteiger partial charge in [0.15, 0.2) is 0 Å². The quantitative estimate of drug-likeness (QED) is 0.580. The molecule has 86 valence electrons. The predicted octanol–water partition coefficient (Wildman–Crippen LogP) is 0.558. The van der Waals surface area contributed by atoms with E-state index in [1.54, 1.807) is 13.0 Å². The SMILES string of the molecule is C=CCC[C@H](NC(=O)COCC)C(=O)O. The Bertz CT molecular complexity index is 227. The van der Waals surface area contributed by atoms with Gasteiger partial charge in [-0.2, -0.15) is 0 Å². The molecule has 0 rings (SSSR count). The molecule has 5 heteroatoms. The zero-order valence-corrected chi connectivity index (χ0v) is 8.86. The lowest BCUT2D eigenvalue weighted by molar-refractivity contribution is -0.142. The maximum absolute atomic E-state index is 11.2. The van der Waals surface area contributed by atoms with E-state index in [-0.39, 0.29) is 6.61 Å². The normalized spacial score (nSPS) is 11.8. The highest BCUT2D eigenvalue weighted by molar-refractivity contribution is 5.84. The van der Waals surface area contributed by atoms with E-state index in [1.165, 1.54) is 0 Å². The number of ether oxygens (including phenoxy) is 1. The van der Waals surface area contributed by atoms with E-state index in [1.807, 2.05) is 0 Å². The Labute approximate surface area is 89.1 Å². The number of nitrogens with one attached hydrogen (secondary N) is 1. The van der Waals surface area contributed by atoms with Gasteiger partial charge in [-0.1, -0.05) is 6.08 Å². The van der Waals surface area contributed by atoms with Gasteiger partial charge in [0.25, 0.3) is 0 Å². The summed E-state index contributed by atoms with van der Waals surface area (Å²) in [5.74, 6) is -1.45. The van der Waals surface area contributed by atoms with Crippen LogP contribution in [0.3, 0.4) is 0 Å². The summed E-state index contributed by atoms with van der Waals surface area (Å²) in [6, 6.07) is -0.865. The number of hydrogen-bond acceptors (Lipinski definition) is 3. The van der Waals surface area contributed by atoms with Gasteiger partial charge in [0, 0.05) is 6.61 Å². The van der Waals surface area contributed by atoms with Crippen LogP contribution in [0.25, 0.3) is 0 Å². The van der Waals surface area contributed by atoms with E-state index in [0.717, 1.165) is 0 Å². The summed E-state index contributed by atoms with van der Waals surface area (Å²) in [4.78, 5) is 21.9. The highest BCUT2D eigenvalue weighted by Crippen LogP contribution is 1.98. The van der Waals surface area contributed by atoms with E-state index in [0.29, 0.717) is 19.4 Å². The molecule has 15 heavy (non-hydrogen) atoms. The zero-order valence-electron chi connectivity index (χ0n) is 8.86. The average Bonchev–Trinajstić information content (AvgIpc) is 2.20. The van der Waals surface area contributed by atoms with Crippen molar-refractivity contribution in [1.29, 1.82) is 0 Å². The van der Waals surface area contributed by atoms with E-state index < -0.39 is 17.9 Å². The molecule has 0 aromatic carbocycles. The molecule has 1 atom stereocenters. The molecule has 5 nitrogen and oxygen atoms in total. The van der Waals surface area contributed by atoms with Crippen LogP contribution in [-0.4, -0.2) is 36.2 Å². The fraction of sp³-hybridized carbons (Fsp3) is 0.600. The summed E-state index contributed by atoms with van der Waals surface area (Å²) < 4.78 is 4.86. The Kier molecular flexibility index (Phi) is 7.27. The lowest BCUT2D eigenvalue weighted by Gasteiger charge is -2.13. The van der Waals surface area contributed by atoms with Crippen molar-refractivity contribution in [2.75, 3.05) is 13.2 Å². The lowest BCUT2D eigenvalue weighted by atomic mass is 10.1. The highest BCUT2D eigenvalue weighted by atomic mass is 16.5. The van der Waals surface area contributed by atoms with Gasteiger partial charge in [0.05, 0.1) is 0 Å². The van der Waals surface area contributed by atoms with E-state index in [2.05, 4.69) is 11.9 Å². The first kappa shape index (κ1) is 13.6. The van der Waals surface area contributed by atoms with Gasteiger partial charge in [0.1, 0.15) is 12.6 Å². The number of allylic oxidation sites excluding steroid dienone is 1. The van der Waals surface area contributed by atoms with Crippen molar-refractivity contribution in [3.05, 3.63) is 12.7 Å². The lowest BCUT2D eigenvalue weighted by Crippen LogP contribution is -2.42. The van der Waals surface area contributed by atoms with Crippen LogP contribution >= 0.6 is 0 Å². The third kappa shape index (κ3) is 6.68. The largest absolute Gasteiger partial charge is 0.480 e. The van der Waals surface area contributed by atoms with Gasteiger partial charge in [-0.15, -0.1) is 6.58 Å². The monoisotopic (exact) mass is 215 g/mol. The van der Waals surface area contributed by atoms with Gasteiger partial charge < -0.3 is 15.2 Å². The summed E-state index contributed by atoms with van der Waals surface area (Å²) in [5.41, 5.74) is 0. The van der Waals surface area contributed by atoms with Crippen LogP contribution < -0.4 is 5.32 Å². The molecule has 0 saturated carbocycles. The first-order valence-electron chi connectivity index (χ1n) is 4.82. The summed E-state index contributed by atoms with van der Waals surface area (Å²) in [6.07, 6.45) is 2.51. The van der Waals surface area contributed by atoms with E-state index in [4.69, 9.17) is 9.84 Å². The van der Waals surface area contributed by atoms with Gasteiger partial charge in [-0.25, -0.2) is 4.79 Å². The molecule has 0 fully saturated rings. The number of amides is 1. The molecule has 0 bridgehead atoms. The second-order valence-electron chi connectivity index (χ2n) is 2.96. The van der Waals surface area contributed by atoms with Crippen molar-refractivity contribution in [2.24, 2.45) is 0 Å². The maximum Gasteiger partial charge on any atom is 0.326 e. The third-order valence-corrected chi connectivity index (χ3v) is 1.73. The summed E-state index contributed by atoms with van der Waals surface area (Å²) in [5, 5.41) is 11.2. The van der Waals surface area contributed by atoms with Crippen LogP contribution in [0.15, 0.2) is 12.7 Å². The third-order valence-electron chi connectivity index (χ3n) is 1.73. The Morgan fingerprint density at radius 3 is 2.73 bits per heavy atom. The Morgan fingerprint density at radius 2 is 2.27 bits per heavy atom. The molecule has 0 aliphatic rings. The molecule has 0 aliphatic heterocycles. The fourth-order valence-corrected chi connectivity index (χ4v) is 0.973. The van der Waals surface area contributed by atoms with E-state index in [9.17, 15) is 9.59 Å². The zero-order chi connectivity index (χ0) is 11.7. The average molecular weight is 215 g/mol. The molecule has 0 spiro atoms. The minimum absolute atomic E-state index is 0.103.